The number of hydrogen-bond acceptors (Lipinski definition) is 7. The van der Waals surface area contributed by atoms with E-state index in [2.05, 4.69) is 42.3 Å². The molecule has 0 aliphatic heterocycles. The zero-order valence-corrected chi connectivity index (χ0v) is 12.8. The predicted octanol–water partition coefficient (Wildman–Crippen LogP) is 2.27. The lowest BCUT2D eigenvalue weighted by molar-refractivity contribution is 0.873. The van der Waals surface area contributed by atoms with Crippen LogP contribution in [-0.2, 0) is 6.54 Å². The van der Waals surface area contributed by atoms with E-state index in [-0.39, 0.29) is 0 Å². The smallest absolute Gasteiger partial charge is 0.226 e. The molecule has 0 radical (unpaired) electrons. The number of aromatic amines is 1. The number of nitrogens with one attached hydrogen (secondary N) is 2. The summed E-state index contributed by atoms with van der Waals surface area (Å²) in [7, 11) is 2.00. The summed E-state index contributed by atoms with van der Waals surface area (Å²) >= 11 is 1.59. The first kappa shape index (κ1) is 13.7. The monoisotopic (exact) mass is 303 g/mol. The topological polar surface area (TPSA) is 82.6 Å². The third-order valence-electron chi connectivity index (χ3n) is 3.07. The fraction of sp³-hybridized carbons (Fsp3) is 0.385. The van der Waals surface area contributed by atoms with E-state index in [1.165, 1.54) is 0 Å². The number of nitrogens with zero attached hydrogens (tertiary/aromatic N) is 5. The molecule has 7 nitrogen and oxygen atoms in total. The number of H-pyrrole nitrogens is 1. The first-order valence-electron chi connectivity index (χ1n) is 6.81. The van der Waals surface area contributed by atoms with Crippen molar-refractivity contribution in [3.8, 4) is 0 Å². The molecule has 3 aromatic heterocycles. The Kier molecular flexibility index (Phi) is 3.96. The molecule has 0 aromatic carbocycles. The number of anilines is 2. The molecule has 0 bridgehead atoms. The van der Waals surface area contributed by atoms with Crippen molar-refractivity contribution in [2.24, 2.45) is 0 Å². The van der Waals surface area contributed by atoms with Crippen molar-refractivity contribution in [1.82, 2.24) is 25.1 Å². The van der Waals surface area contributed by atoms with Crippen molar-refractivity contribution in [1.29, 1.82) is 0 Å². The third-order valence-corrected chi connectivity index (χ3v) is 3.70. The Labute approximate surface area is 126 Å². The summed E-state index contributed by atoms with van der Waals surface area (Å²) in [6.07, 6.45) is 2.78. The molecule has 0 aliphatic carbocycles. The van der Waals surface area contributed by atoms with Crippen LogP contribution in [-0.4, -0.2) is 38.7 Å². The van der Waals surface area contributed by atoms with Crippen molar-refractivity contribution in [2.75, 3.05) is 23.8 Å². The predicted molar refractivity (Wildman–Crippen MR) is 84.7 cm³/mol. The van der Waals surface area contributed by atoms with Gasteiger partial charge in [-0.3, -0.25) is 5.10 Å². The van der Waals surface area contributed by atoms with Crippen LogP contribution in [0.3, 0.4) is 0 Å². The van der Waals surface area contributed by atoms with Gasteiger partial charge in [0.1, 0.15) is 5.82 Å². The largest absolute Gasteiger partial charge is 0.354 e. The molecule has 0 amide bonds. The highest BCUT2D eigenvalue weighted by atomic mass is 32.1. The Morgan fingerprint density at radius 1 is 1.38 bits per heavy atom. The van der Waals surface area contributed by atoms with Crippen molar-refractivity contribution < 1.29 is 0 Å². The molecule has 0 atom stereocenters. The number of thiazole rings is 1. The minimum absolute atomic E-state index is 0.619. The van der Waals surface area contributed by atoms with E-state index in [4.69, 9.17) is 0 Å². The zero-order chi connectivity index (χ0) is 14.7. The fourth-order valence-electron chi connectivity index (χ4n) is 2.06. The van der Waals surface area contributed by atoms with Crippen LogP contribution in [0, 0.1) is 0 Å². The molecule has 2 N–H and O–H groups in total. The lowest BCUT2D eigenvalue weighted by Gasteiger charge is -2.18. The van der Waals surface area contributed by atoms with Gasteiger partial charge in [-0.1, -0.05) is 6.92 Å². The number of aromatic nitrogens is 5. The van der Waals surface area contributed by atoms with Crippen LogP contribution in [0.1, 0.15) is 19.0 Å². The number of rotatable bonds is 6. The Balaban J connectivity index is 1.93. The lowest BCUT2D eigenvalue weighted by Crippen LogP contribution is -2.19. The third kappa shape index (κ3) is 2.94. The Hall–Kier alpha value is -2.22. The molecular weight excluding hydrogens is 286 g/mol. The SMILES string of the molecule is CCCNc1nc(N(C)Cc2cscn2)c2cn[nH]c2n1. The summed E-state index contributed by atoms with van der Waals surface area (Å²) in [5.41, 5.74) is 3.61. The molecule has 3 rings (SSSR count). The van der Waals surface area contributed by atoms with Crippen LogP contribution in [0.4, 0.5) is 11.8 Å². The van der Waals surface area contributed by atoms with Crippen molar-refractivity contribution in [3.63, 3.8) is 0 Å². The average Bonchev–Trinajstić information content (AvgIpc) is 3.14. The van der Waals surface area contributed by atoms with Crippen molar-refractivity contribution >= 4 is 34.1 Å². The molecule has 0 unspecified atom stereocenters. The lowest BCUT2D eigenvalue weighted by atomic mass is 10.3. The minimum Gasteiger partial charge on any atom is -0.354 e. The van der Waals surface area contributed by atoms with Gasteiger partial charge in [0, 0.05) is 19.0 Å². The fourth-order valence-corrected chi connectivity index (χ4v) is 2.61. The van der Waals surface area contributed by atoms with Gasteiger partial charge in [0.2, 0.25) is 5.95 Å². The maximum Gasteiger partial charge on any atom is 0.226 e. The van der Waals surface area contributed by atoms with E-state index in [0.717, 1.165) is 35.5 Å². The van der Waals surface area contributed by atoms with E-state index in [9.17, 15) is 0 Å². The van der Waals surface area contributed by atoms with E-state index >= 15 is 0 Å². The second-order valence-corrected chi connectivity index (χ2v) is 5.48. The summed E-state index contributed by atoms with van der Waals surface area (Å²) in [6.45, 7) is 3.65. The minimum atomic E-state index is 0.619. The second-order valence-electron chi connectivity index (χ2n) is 4.77. The van der Waals surface area contributed by atoms with Crippen LogP contribution in [0.5, 0.6) is 0 Å². The average molecular weight is 303 g/mol. The van der Waals surface area contributed by atoms with E-state index in [1.54, 1.807) is 17.5 Å². The molecule has 0 saturated carbocycles. The number of hydrogen-bond donors (Lipinski definition) is 2. The van der Waals surface area contributed by atoms with Crippen molar-refractivity contribution in [2.45, 2.75) is 19.9 Å². The summed E-state index contributed by atoms with van der Waals surface area (Å²) in [4.78, 5) is 15.4. The standard InChI is InChI=1S/C13H17N7S/c1-3-4-14-13-17-11-10(5-16-19-11)12(18-13)20(2)6-9-7-21-8-15-9/h5,7-8H,3-4,6H2,1-2H3,(H2,14,16,17,18,19). The van der Waals surface area contributed by atoms with Gasteiger partial charge in [-0.05, 0) is 6.42 Å². The summed E-state index contributed by atoms with van der Waals surface area (Å²) in [6, 6.07) is 0. The maximum atomic E-state index is 4.61. The van der Waals surface area contributed by atoms with Crippen LogP contribution < -0.4 is 10.2 Å². The van der Waals surface area contributed by atoms with Crippen molar-refractivity contribution in [3.05, 3.63) is 22.8 Å². The van der Waals surface area contributed by atoms with Gasteiger partial charge in [0.15, 0.2) is 5.65 Å². The first-order chi connectivity index (χ1) is 10.3. The summed E-state index contributed by atoms with van der Waals surface area (Å²) < 4.78 is 0. The summed E-state index contributed by atoms with van der Waals surface area (Å²) in [5, 5.41) is 13.2. The van der Waals surface area contributed by atoms with Gasteiger partial charge >= 0.3 is 0 Å². The molecule has 8 heteroatoms. The Morgan fingerprint density at radius 3 is 3.05 bits per heavy atom. The van der Waals surface area contributed by atoms with Gasteiger partial charge in [-0.15, -0.1) is 11.3 Å². The molecule has 0 spiro atoms. The van der Waals surface area contributed by atoms with Gasteiger partial charge in [0.25, 0.3) is 0 Å². The van der Waals surface area contributed by atoms with Crippen LogP contribution in [0.15, 0.2) is 17.1 Å². The maximum absolute atomic E-state index is 4.61. The molecule has 3 aromatic rings. The van der Waals surface area contributed by atoms with Gasteiger partial charge in [-0.2, -0.15) is 15.1 Å². The van der Waals surface area contributed by atoms with Crippen LogP contribution >= 0.6 is 11.3 Å². The van der Waals surface area contributed by atoms with Crippen LogP contribution in [0.25, 0.3) is 11.0 Å². The molecule has 0 saturated heterocycles. The van der Waals surface area contributed by atoms with Gasteiger partial charge in [0.05, 0.1) is 29.3 Å². The highest BCUT2D eigenvalue weighted by Gasteiger charge is 2.14. The van der Waals surface area contributed by atoms with Gasteiger partial charge in [-0.25, -0.2) is 4.98 Å². The molecule has 3 heterocycles. The molecule has 110 valence electrons. The Morgan fingerprint density at radius 2 is 2.29 bits per heavy atom. The molecule has 21 heavy (non-hydrogen) atoms. The number of fused-ring (bicyclic) bond motifs is 1. The highest BCUT2D eigenvalue weighted by molar-refractivity contribution is 7.07. The highest BCUT2D eigenvalue weighted by Crippen LogP contribution is 2.24. The Bertz CT molecular complexity index is 706. The first-order valence-corrected chi connectivity index (χ1v) is 7.75. The second kappa shape index (κ2) is 6.04. The summed E-state index contributed by atoms with van der Waals surface area (Å²) in [5.74, 6) is 1.47. The molecule has 0 fully saturated rings. The van der Waals surface area contributed by atoms with E-state index in [1.807, 2.05) is 17.9 Å². The van der Waals surface area contributed by atoms with E-state index in [0.29, 0.717) is 12.5 Å². The zero-order valence-electron chi connectivity index (χ0n) is 12.0. The quantitative estimate of drug-likeness (QED) is 0.727. The van der Waals surface area contributed by atoms with E-state index < -0.39 is 0 Å². The van der Waals surface area contributed by atoms with Crippen LogP contribution in [0.2, 0.25) is 0 Å². The molecule has 0 aliphatic rings. The molecular formula is C13H17N7S. The normalized spacial score (nSPS) is 11.0. The van der Waals surface area contributed by atoms with Gasteiger partial charge < -0.3 is 10.2 Å².